The Morgan fingerprint density at radius 2 is 1.86 bits per heavy atom. The lowest BCUT2D eigenvalue weighted by atomic mass is 10.2. The molecule has 0 aliphatic heterocycles. The highest BCUT2D eigenvalue weighted by Crippen LogP contribution is 2.27. The van der Waals surface area contributed by atoms with Crippen LogP contribution < -0.4 is 10.1 Å². The Bertz CT molecular complexity index is 597. The minimum atomic E-state index is -0.665. The van der Waals surface area contributed by atoms with Crippen molar-refractivity contribution >= 4 is 0 Å². The molecule has 2 rings (SSSR count). The molecule has 0 fully saturated rings. The van der Waals surface area contributed by atoms with Gasteiger partial charge in [0.2, 0.25) is 0 Å². The van der Waals surface area contributed by atoms with Crippen LogP contribution in [0, 0.1) is 18.6 Å². The van der Waals surface area contributed by atoms with Crippen LogP contribution in [0.5, 0.6) is 11.5 Å². The van der Waals surface area contributed by atoms with Crippen molar-refractivity contribution in [3.8, 4) is 11.5 Å². The van der Waals surface area contributed by atoms with Gasteiger partial charge < -0.3 is 10.1 Å². The van der Waals surface area contributed by atoms with Crippen molar-refractivity contribution in [2.24, 2.45) is 0 Å². The summed E-state index contributed by atoms with van der Waals surface area (Å²) in [5.74, 6) is -0.645. The second-order valence-corrected chi connectivity index (χ2v) is 4.82. The van der Waals surface area contributed by atoms with Gasteiger partial charge in [0.15, 0.2) is 0 Å². The highest BCUT2D eigenvalue weighted by atomic mass is 19.1. The van der Waals surface area contributed by atoms with Gasteiger partial charge in [0.05, 0.1) is 0 Å². The second kappa shape index (κ2) is 7.13. The number of nitrogens with one attached hydrogen (secondary N) is 1. The van der Waals surface area contributed by atoms with Crippen LogP contribution in [-0.4, -0.2) is 11.5 Å². The van der Waals surface area contributed by atoms with E-state index in [0.29, 0.717) is 12.3 Å². The largest absolute Gasteiger partial charge is 0.457 e. The molecule has 3 nitrogen and oxygen atoms in total. The first-order valence-electron chi connectivity index (χ1n) is 6.88. The van der Waals surface area contributed by atoms with Crippen LogP contribution in [0.2, 0.25) is 0 Å². The minimum absolute atomic E-state index is 0.134. The van der Waals surface area contributed by atoms with Crippen molar-refractivity contribution in [3.63, 3.8) is 0 Å². The fourth-order valence-corrected chi connectivity index (χ4v) is 1.91. The molecule has 0 atom stereocenters. The zero-order valence-electron chi connectivity index (χ0n) is 12.1. The molecule has 1 heterocycles. The topological polar surface area (TPSA) is 34.2 Å². The number of pyridine rings is 1. The normalized spacial score (nSPS) is 10.7. The number of benzene rings is 1. The molecule has 2 aromatic rings. The maximum Gasteiger partial charge on any atom is 0.135 e. The molecular formula is C16H18F2N2O. The Labute approximate surface area is 123 Å². The summed E-state index contributed by atoms with van der Waals surface area (Å²) in [6.45, 7) is 5.38. The predicted molar refractivity (Wildman–Crippen MR) is 77.4 cm³/mol. The van der Waals surface area contributed by atoms with Gasteiger partial charge in [-0.2, -0.15) is 0 Å². The molecule has 0 spiro atoms. The van der Waals surface area contributed by atoms with Crippen molar-refractivity contribution < 1.29 is 13.5 Å². The number of rotatable bonds is 6. The van der Waals surface area contributed by atoms with Crippen LogP contribution in [0.25, 0.3) is 0 Å². The molecule has 1 N–H and O–H groups in total. The van der Waals surface area contributed by atoms with E-state index >= 15 is 0 Å². The zero-order chi connectivity index (χ0) is 15.2. The number of nitrogens with zero attached hydrogens (tertiary/aromatic N) is 1. The zero-order valence-corrected chi connectivity index (χ0v) is 12.1. The summed E-state index contributed by atoms with van der Waals surface area (Å²) in [5.41, 5.74) is 1.62. The Balaban J connectivity index is 2.22. The lowest BCUT2D eigenvalue weighted by molar-refractivity contribution is 0.458. The number of ether oxygens (including phenoxy) is 1. The Morgan fingerprint density at radius 3 is 2.52 bits per heavy atom. The van der Waals surface area contributed by atoms with Gasteiger partial charge in [-0.25, -0.2) is 8.78 Å². The van der Waals surface area contributed by atoms with Gasteiger partial charge in [0.25, 0.3) is 0 Å². The molecule has 0 amide bonds. The van der Waals surface area contributed by atoms with E-state index in [9.17, 15) is 8.78 Å². The van der Waals surface area contributed by atoms with Gasteiger partial charge in [0.1, 0.15) is 23.1 Å². The molecule has 5 heteroatoms. The highest BCUT2D eigenvalue weighted by molar-refractivity contribution is 5.37. The standard InChI is InChI=1S/C16H18F2N2O/c1-3-4-19-9-12-10-20-11(2)5-16(12)21-15-7-13(17)6-14(18)8-15/h5-8,10,19H,3-4,9H2,1-2H3. The molecule has 0 saturated carbocycles. The van der Waals surface area contributed by atoms with E-state index in [-0.39, 0.29) is 5.75 Å². The van der Waals surface area contributed by atoms with Crippen LogP contribution in [0.3, 0.4) is 0 Å². The molecule has 112 valence electrons. The molecule has 0 saturated heterocycles. The number of aryl methyl sites for hydroxylation is 1. The first-order chi connectivity index (χ1) is 10.1. The third kappa shape index (κ3) is 4.49. The molecule has 1 aromatic carbocycles. The van der Waals surface area contributed by atoms with E-state index in [0.717, 1.165) is 42.4 Å². The summed E-state index contributed by atoms with van der Waals surface area (Å²) < 4.78 is 32.1. The quantitative estimate of drug-likeness (QED) is 0.818. The van der Waals surface area contributed by atoms with E-state index in [4.69, 9.17) is 4.74 Å². The molecule has 1 aromatic heterocycles. The van der Waals surface area contributed by atoms with E-state index in [1.807, 2.05) is 6.92 Å². The first-order valence-corrected chi connectivity index (χ1v) is 6.88. The number of hydrogen-bond donors (Lipinski definition) is 1. The molecule has 21 heavy (non-hydrogen) atoms. The Hall–Kier alpha value is -2.01. The Kier molecular flexibility index (Phi) is 5.22. The van der Waals surface area contributed by atoms with Gasteiger partial charge in [0, 0.05) is 48.3 Å². The first kappa shape index (κ1) is 15.4. The number of halogens is 2. The van der Waals surface area contributed by atoms with Crippen molar-refractivity contribution in [2.75, 3.05) is 6.54 Å². The van der Waals surface area contributed by atoms with E-state index < -0.39 is 11.6 Å². The summed E-state index contributed by atoms with van der Waals surface area (Å²) in [7, 11) is 0. The fourth-order valence-electron chi connectivity index (χ4n) is 1.91. The third-order valence-electron chi connectivity index (χ3n) is 2.89. The van der Waals surface area contributed by atoms with Crippen LogP contribution >= 0.6 is 0 Å². The maximum absolute atomic E-state index is 13.2. The highest BCUT2D eigenvalue weighted by Gasteiger charge is 2.08. The van der Waals surface area contributed by atoms with Crippen LogP contribution in [0.15, 0.2) is 30.5 Å². The summed E-state index contributed by atoms with van der Waals surface area (Å²) in [4.78, 5) is 4.23. The summed E-state index contributed by atoms with van der Waals surface area (Å²) in [5, 5.41) is 3.25. The monoisotopic (exact) mass is 292 g/mol. The molecular weight excluding hydrogens is 274 g/mol. The van der Waals surface area contributed by atoms with Crippen molar-refractivity contribution in [2.45, 2.75) is 26.8 Å². The van der Waals surface area contributed by atoms with Crippen LogP contribution in [-0.2, 0) is 6.54 Å². The molecule has 0 aliphatic carbocycles. The fraction of sp³-hybridized carbons (Fsp3) is 0.312. The average molecular weight is 292 g/mol. The van der Waals surface area contributed by atoms with Crippen LogP contribution in [0.1, 0.15) is 24.6 Å². The van der Waals surface area contributed by atoms with Gasteiger partial charge in [-0.3, -0.25) is 4.98 Å². The Morgan fingerprint density at radius 1 is 1.14 bits per heavy atom. The lowest BCUT2D eigenvalue weighted by Gasteiger charge is -2.12. The molecule has 0 unspecified atom stereocenters. The van der Waals surface area contributed by atoms with Crippen LogP contribution in [0.4, 0.5) is 8.78 Å². The average Bonchev–Trinajstić information content (AvgIpc) is 2.40. The summed E-state index contributed by atoms with van der Waals surface area (Å²) >= 11 is 0. The second-order valence-electron chi connectivity index (χ2n) is 4.82. The van der Waals surface area contributed by atoms with Gasteiger partial charge >= 0.3 is 0 Å². The SMILES string of the molecule is CCCNCc1cnc(C)cc1Oc1cc(F)cc(F)c1. The smallest absolute Gasteiger partial charge is 0.135 e. The van der Waals surface area contributed by atoms with Crippen molar-refractivity contribution in [3.05, 3.63) is 53.4 Å². The number of aromatic nitrogens is 1. The van der Waals surface area contributed by atoms with Crippen molar-refractivity contribution in [1.82, 2.24) is 10.3 Å². The minimum Gasteiger partial charge on any atom is -0.457 e. The van der Waals surface area contributed by atoms with E-state index in [1.54, 1.807) is 12.3 Å². The van der Waals surface area contributed by atoms with Gasteiger partial charge in [-0.05, 0) is 19.9 Å². The van der Waals surface area contributed by atoms with E-state index in [2.05, 4.69) is 17.2 Å². The molecule has 0 bridgehead atoms. The maximum atomic E-state index is 13.2. The molecule has 0 radical (unpaired) electrons. The summed E-state index contributed by atoms with van der Waals surface area (Å²) in [6.07, 6.45) is 2.73. The van der Waals surface area contributed by atoms with Crippen molar-refractivity contribution in [1.29, 1.82) is 0 Å². The van der Waals surface area contributed by atoms with Gasteiger partial charge in [-0.15, -0.1) is 0 Å². The predicted octanol–water partition coefficient (Wildman–Crippen LogP) is 3.96. The third-order valence-corrected chi connectivity index (χ3v) is 2.89. The summed E-state index contributed by atoms with van der Waals surface area (Å²) in [6, 6.07) is 4.88. The number of hydrogen-bond acceptors (Lipinski definition) is 3. The molecule has 0 aliphatic rings. The lowest BCUT2D eigenvalue weighted by Crippen LogP contribution is -2.14. The van der Waals surface area contributed by atoms with E-state index in [1.165, 1.54) is 0 Å². The van der Waals surface area contributed by atoms with Gasteiger partial charge in [-0.1, -0.05) is 6.92 Å².